The summed E-state index contributed by atoms with van der Waals surface area (Å²) < 4.78 is 0. The zero-order valence-electron chi connectivity index (χ0n) is 23.0. The smallest absolute Gasteiger partial charge is 0.253 e. The maximum Gasteiger partial charge on any atom is 0.253 e. The van der Waals surface area contributed by atoms with Gasteiger partial charge in [0, 0.05) is 40.9 Å². The minimum atomic E-state index is -0.0640. The molecule has 0 aliphatic carbocycles. The average Bonchev–Trinajstić information content (AvgIpc) is 3.64. The molecule has 3 aliphatic heterocycles. The molecule has 0 saturated carbocycles. The molecule has 0 bridgehead atoms. The molecule has 7 nitrogen and oxygen atoms in total. The molecule has 1 aromatic heterocycles. The van der Waals surface area contributed by atoms with Gasteiger partial charge < -0.3 is 20.0 Å². The first kappa shape index (κ1) is 28.7. The number of carbonyl (C=O) groups is 2. The molecule has 2 amide bonds. The number of aromatic nitrogens is 1. The molecular formula is C31H37Cl2N5O2. The Labute approximate surface area is 246 Å². The highest BCUT2D eigenvalue weighted by Crippen LogP contribution is 2.32. The zero-order valence-corrected chi connectivity index (χ0v) is 24.6. The molecule has 0 radical (unpaired) electrons. The summed E-state index contributed by atoms with van der Waals surface area (Å²) in [5.41, 5.74) is 3.18. The summed E-state index contributed by atoms with van der Waals surface area (Å²) in [6.07, 6.45) is 13.9. The summed E-state index contributed by atoms with van der Waals surface area (Å²) in [6.45, 7) is 6.64. The Hall–Kier alpha value is -2.87. The van der Waals surface area contributed by atoms with Crippen LogP contribution in [0.1, 0.15) is 50.2 Å². The van der Waals surface area contributed by atoms with Crippen molar-refractivity contribution in [2.75, 3.05) is 42.9 Å². The zero-order chi connectivity index (χ0) is 28.1. The molecule has 9 heteroatoms. The fourth-order valence-corrected chi connectivity index (χ4v) is 6.21. The van der Waals surface area contributed by atoms with Gasteiger partial charge in [-0.3, -0.25) is 9.59 Å². The van der Waals surface area contributed by atoms with E-state index in [1.165, 1.54) is 12.8 Å². The van der Waals surface area contributed by atoms with Crippen LogP contribution in [0.25, 0.3) is 0 Å². The predicted octanol–water partition coefficient (Wildman–Crippen LogP) is 5.87. The third-order valence-corrected chi connectivity index (χ3v) is 8.49. The summed E-state index contributed by atoms with van der Waals surface area (Å²) in [5, 5.41) is 4.24. The summed E-state index contributed by atoms with van der Waals surface area (Å²) in [6, 6.07) is 7.54. The molecule has 2 saturated heterocycles. The second-order valence-electron chi connectivity index (χ2n) is 10.8. The summed E-state index contributed by atoms with van der Waals surface area (Å²) in [7, 11) is 0. The van der Waals surface area contributed by atoms with E-state index in [0.29, 0.717) is 40.6 Å². The number of allylic oxidation sites excluding steroid dienone is 2. The molecule has 1 aromatic carbocycles. The second kappa shape index (κ2) is 13.2. The van der Waals surface area contributed by atoms with Crippen LogP contribution in [0.4, 0.5) is 11.5 Å². The minimum absolute atomic E-state index is 0.0640. The molecular weight excluding hydrogens is 545 g/mol. The third-order valence-electron chi connectivity index (χ3n) is 7.89. The third kappa shape index (κ3) is 6.70. The lowest BCUT2D eigenvalue weighted by Crippen LogP contribution is -2.43. The van der Waals surface area contributed by atoms with Gasteiger partial charge in [-0.1, -0.05) is 48.4 Å². The first-order chi connectivity index (χ1) is 19.4. The van der Waals surface area contributed by atoms with Crippen LogP contribution in [0.3, 0.4) is 0 Å². The van der Waals surface area contributed by atoms with E-state index in [0.717, 1.165) is 62.1 Å². The molecule has 1 N–H and O–H groups in total. The number of nitrogens with one attached hydrogen (secondary N) is 1. The van der Waals surface area contributed by atoms with Gasteiger partial charge >= 0.3 is 0 Å². The highest BCUT2D eigenvalue weighted by atomic mass is 35.5. The molecule has 5 rings (SSSR count). The number of nitrogens with zero attached hydrogens (tertiary/aromatic N) is 4. The topological polar surface area (TPSA) is 68.8 Å². The van der Waals surface area contributed by atoms with Gasteiger partial charge in [-0.05, 0) is 87.0 Å². The molecule has 3 aliphatic rings. The molecule has 1 unspecified atom stereocenters. The van der Waals surface area contributed by atoms with Gasteiger partial charge in [-0.25, -0.2) is 4.98 Å². The van der Waals surface area contributed by atoms with E-state index < -0.39 is 0 Å². The molecule has 2 aromatic rings. The molecule has 0 spiro atoms. The molecule has 212 valence electrons. The number of anilines is 2. The van der Waals surface area contributed by atoms with Gasteiger partial charge in [0.1, 0.15) is 5.82 Å². The van der Waals surface area contributed by atoms with Gasteiger partial charge in [-0.15, -0.1) is 0 Å². The van der Waals surface area contributed by atoms with Gasteiger partial charge in [0.15, 0.2) is 0 Å². The number of fused-ring (bicyclic) bond motifs is 1. The first-order valence-corrected chi connectivity index (χ1v) is 15.1. The Morgan fingerprint density at radius 3 is 2.77 bits per heavy atom. The quantitative estimate of drug-likeness (QED) is 0.296. The number of rotatable bonds is 9. The standard InChI is InChI=1S/C31H37Cl2N5O2/c1-2-7-23(31(40)37-15-6-10-26(37)21-36-13-3-4-14-36)9-5-8-22-16-28-30(34-18-22)35-19-29(39)38(28)20-24-17-25(32)11-12-27(24)33/h5,7,9,11-12,16-18,26H,2-4,6,8,10,13-15,19-21H2,1H3,(H,34,35)/b9-5-,23-7+. The van der Waals surface area contributed by atoms with E-state index in [9.17, 15) is 9.59 Å². The summed E-state index contributed by atoms with van der Waals surface area (Å²) in [4.78, 5) is 37.3. The van der Waals surface area contributed by atoms with Crippen molar-refractivity contribution in [2.45, 2.75) is 58.0 Å². The van der Waals surface area contributed by atoms with Crippen molar-refractivity contribution >= 4 is 46.5 Å². The largest absolute Gasteiger partial charge is 0.359 e. The molecule has 1 atom stereocenters. The van der Waals surface area contributed by atoms with E-state index in [1.807, 2.05) is 30.5 Å². The van der Waals surface area contributed by atoms with Crippen LogP contribution in [0.15, 0.2) is 54.3 Å². The van der Waals surface area contributed by atoms with Crippen molar-refractivity contribution in [1.82, 2.24) is 14.8 Å². The average molecular weight is 583 g/mol. The first-order valence-electron chi connectivity index (χ1n) is 14.3. The van der Waals surface area contributed by atoms with Crippen LogP contribution >= 0.6 is 23.2 Å². The van der Waals surface area contributed by atoms with Crippen molar-refractivity contribution < 1.29 is 9.59 Å². The van der Waals surface area contributed by atoms with E-state index in [1.54, 1.807) is 23.1 Å². The summed E-state index contributed by atoms with van der Waals surface area (Å²) >= 11 is 12.6. The highest BCUT2D eigenvalue weighted by molar-refractivity contribution is 6.33. The fraction of sp³-hybridized carbons (Fsp3) is 0.452. The van der Waals surface area contributed by atoms with Gasteiger partial charge in [-0.2, -0.15) is 0 Å². The Balaban J connectivity index is 1.29. The highest BCUT2D eigenvalue weighted by Gasteiger charge is 2.31. The number of likely N-dealkylation sites (tertiary alicyclic amines) is 2. The van der Waals surface area contributed by atoms with Crippen LogP contribution in [-0.4, -0.2) is 65.4 Å². The van der Waals surface area contributed by atoms with Crippen molar-refractivity contribution in [3.8, 4) is 0 Å². The van der Waals surface area contributed by atoms with Gasteiger partial charge in [0.05, 0.1) is 18.8 Å². The molecule has 4 heterocycles. The van der Waals surface area contributed by atoms with Crippen LogP contribution in [0.2, 0.25) is 10.0 Å². The number of carbonyl (C=O) groups excluding carboxylic acids is 2. The number of benzene rings is 1. The normalized spacial score (nSPS) is 19.9. The van der Waals surface area contributed by atoms with Crippen LogP contribution in [-0.2, 0) is 22.6 Å². The van der Waals surface area contributed by atoms with Crippen molar-refractivity contribution in [2.24, 2.45) is 0 Å². The van der Waals surface area contributed by atoms with Crippen LogP contribution in [0.5, 0.6) is 0 Å². The SMILES string of the molecule is CC/C=C(\C=C/Cc1cnc2c(c1)N(Cc1cc(Cl)ccc1Cl)C(=O)CN2)C(=O)N1CCCC1CN1CCCC1. The Bertz CT molecular complexity index is 1300. The maximum atomic E-state index is 13.6. The van der Waals surface area contributed by atoms with Gasteiger partial charge in [0.2, 0.25) is 5.91 Å². The summed E-state index contributed by atoms with van der Waals surface area (Å²) in [5.74, 6) is 0.721. The number of pyridine rings is 1. The lowest BCUT2D eigenvalue weighted by atomic mass is 10.1. The van der Waals surface area contributed by atoms with Crippen molar-refractivity contribution in [3.63, 3.8) is 0 Å². The molecule has 40 heavy (non-hydrogen) atoms. The van der Waals surface area contributed by atoms with E-state index in [4.69, 9.17) is 23.2 Å². The monoisotopic (exact) mass is 581 g/mol. The van der Waals surface area contributed by atoms with Crippen LogP contribution in [0, 0.1) is 0 Å². The van der Waals surface area contributed by atoms with E-state index >= 15 is 0 Å². The van der Waals surface area contributed by atoms with Crippen molar-refractivity contribution in [1.29, 1.82) is 0 Å². The Morgan fingerprint density at radius 2 is 1.98 bits per heavy atom. The lowest BCUT2D eigenvalue weighted by Gasteiger charge is -2.30. The Kier molecular flexibility index (Phi) is 9.45. The number of halogens is 2. The minimum Gasteiger partial charge on any atom is -0.359 e. The number of hydrogen-bond acceptors (Lipinski definition) is 5. The predicted molar refractivity (Wildman–Crippen MR) is 162 cm³/mol. The Morgan fingerprint density at radius 1 is 1.15 bits per heavy atom. The van der Waals surface area contributed by atoms with Crippen molar-refractivity contribution in [3.05, 3.63) is 75.4 Å². The number of amides is 2. The maximum absolute atomic E-state index is 13.6. The molecule has 2 fully saturated rings. The van der Waals surface area contributed by atoms with Crippen LogP contribution < -0.4 is 10.2 Å². The second-order valence-corrected chi connectivity index (χ2v) is 11.6. The lowest BCUT2D eigenvalue weighted by molar-refractivity contribution is -0.127. The van der Waals surface area contributed by atoms with E-state index in [-0.39, 0.29) is 18.4 Å². The fourth-order valence-electron chi connectivity index (χ4n) is 5.84. The van der Waals surface area contributed by atoms with Gasteiger partial charge in [0.25, 0.3) is 5.91 Å². The van der Waals surface area contributed by atoms with E-state index in [2.05, 4.69) is 27.0 Å². The number of hydrogen-bond donors (Lipinski definition) is 1.